The second kappa shape index (κ2) is 4.33. The van der Waals surface area contributed by atoms with Gasteiger partial charge in [-0.3, -0.25) is 10.2 Å². The Kier molecular flexibility index (Phi) is 2.76. The Morgan fingerprint density at radius 1 is 1.43 bits per heavy atom. The molecule has 4 atom stereocenters. The molecule has 0 unspecified atom stereocenters. The Balaban J connectivity index is 1.66. The summed E-state index contributed by atoms with van der Waals surface area (Å²) in [6.45, 7) is 5.07. The number of hydrogen-bond donors (Lipinski definition) is 1. The van der Waals surface area contributed by atoms with Crippen LogP contribution in [0.4, 0.5) is 4.39 Å². The van der Waals surface area contributed by atoms with Crippen molar-refractivity contribution in [3.8, 4) is 6.07 Å². The van der Waals surface area contributed by atoms with Crippen molar-refractivity contribution >= 4 is 5.91 Å². The smallest absolute Gasteiger partial charge is 0.268 e. The molecule has 4 nitrogen and oxygen atoms in total. The van der Waals surface area contributed by atoms with Crippen molar-refractivity contribution in [3.63, 3.8) is 0 Å². The van der Waals surface area contributed by atoms with Crippen molar-refractivity contribution in [2.24, 2.45) is 16.7 Å². The number of amides is 1. The Hall–Kier alpha value is -1.93. The number of carbonyl (C=O) groups is 1. The fraction of sp³-hybridized carbons (Fsp3) is 0.556. The molecule has 3 fully saturated rings. The van der Waals surface area contributed by atoms with Crippen molar-refractivity contribution in [2.75, 3.05) is 6.54 Å². The molecule has 3 aliphatic rings. The molecule has 1 heterocycles. The van der Waals surface area contributed by atoms with E-state index >= 15 is 0 Å². The van der Waals surface area contributed by atoms with Gasteiger partial charge in [0.15, 0.2) is 0 Å². The summed E-state index contributed by atoms with van der Waals surface area (Å²) in [4.78, 5) is 12.5. The highest BCUT2D eigenvalue weighted by atomic mass is 19.1. The standard InChI is InChI=1S/C18H20FN3O/c1-16-11-22(21-15(23)13-5-3-4-6-14(13)19)18(10-20)9-12(16)7-8-17(16,18)2/h3-6,12H,7-9,11H2,1-2H3,(H,21,23)/t12-,16-,17+,18-/m0/s1. The van der Waals surface area contributed by atoms with Gasteiger partial charge in [-0.15, -0.1) is 0 Å². The van der Waals surface area contributed by atoms with Gasteiger partial charge in [-0.05, 0) is 42.7 Å². The van der Waals surface area contributed by atoms with Gasteiger partial charge in [-0.1, -0.05) is 26.0 Å². The molecule has 120 valence electrons. The van der Waals surface area contributed by atoms with Gasteiger partial charge in [0.25, 0.3) is 5.91 Å². The minimum Gasteiger partial charge on any atom is -0.283 e. The topological polar surface area (TPSA) is 56.1 Å². The number of nitriles is 1. The summed E-state index contributed by atoms with van der Waals surface area (Å²) in [6.07, 6.45) is 2.95. The predicted octanol–water partition coefficient (Wildman–Crippen LogP) is 2.87. The van der Waals surface area contributed by atoms with Gasteiger partial charge in [-0.25, -0.2) is 4.39 Å². The number of halogens is 1. The first-order valence-electron chi connectivity index (χ1n) is 8.12. The largest absolute Gasteiger partial charge is 0.283 e. The van der Waals surface area contributed by atoms with E-state index in [1.807, 2.05) is 0 Å². The molecule has 0 aromatic heterocycles. The summed E-state index contributed by atoms with van der Waals surface area (Å²) in [5.74, 6) is -0.485. The minimum absolute atomic E-state index is 0.0174. The Bertz CT molecular complexity index is 744. The van der Waals surface area contributed by atoms with Crippen LogP contribution in [0.2, 0.25) is 0 Å². The number of carbonyl (C=O) groups excluding carboxylic acids is 1. The number of nitrogens with zero attached hydrogens (tertiary/aromatic N) is 2. The molecule has 1 aromatic carbocycles. The lowest BCUT2D eigenvalue weighted by Crippen LogP contribution is -2.59. The van der Waals surface area contributed by atoms with Crippen LogP contribution in [0.5, 0.6) is 0 Å². The highest BCUT2D eigenvalue weighted by Gasteiger charge is 2.78. The van der Waals surface area contributed by atoms with Crippen LogP contribution in [-0.4, -0.2) is 23.0 Å². The van der Waals surface area contributed by atoms with Crippen LogP contribution in [0.3, 0.4) is 0 Å². The van der Waals surface area contributed by atoms with E-state index in [1.165, 1.54) is 12.1 Å². The monoisotopic (exact) mass is 313 g/mol. The fourth-order valence-corrected chi connectivity index (χ4v) is 5.47. The van der Waals surface area contributed by atoms with Gasteiger partial charge < -0.3 is 0 Å². The van der Waals surface area contributed by atoms with Gasteiger partial charge in [0, 0.05) is 12.0 Å². The average Bonchev–Trinajstić information content (AvgIpc) is 2.96. The molecule has 1 amide bonds. The Morgan fingerprint density at radius 3 is 2.83 bits per heavy atom. The molecule has 2 aliphatic carbocycles. The molecule has 1 N–H and O–H groups in total. The van der Waals surface area contributed by atoms with E-state index in [0.717, 1.165) is 19.3 Å². The maximum Gasteiger partial charge on any atom is 0.268 e. The summed E-state index contributed by atoms with van der Waals surface area (Å²) in [5.41, 5.74) is 2.08. The highest BCUT2D eigenvalue weighted by molar-refractivity contribution is 5.94. The average molecular weight is 313 g/mol. The van der Waals surface area contributed by atoms with E-state index in [2.05, 4.69) is 25.3 Å². The second-order valence-electron chi connectivity index (χ2n) is 7.67. The van der Waals surface area contributed by atoms with Crippen LogP contribution in [0, 0.1) is 33.9 Å². The lowest BCUT2D eigenvalue weighted by atomic mass is 9.66. The SMILES string of the molecule is C[C@]12CC[C@H]3C[C@@]1(C#N)N(NC(=O)c1ccccc1F)C[C@@]32C. The molecule has 0 spiro atoms. The van der Waals surface area contributed by atoms with Crippen LogP contribution in [0.25, 0.3) is 0 Å². The van der Waals surface area contributed by atoms with Crippen molar-refractivity contribution in [3.05, 3.63) is 35.6 Å². The summed E-state index contributed by atoms with van der Waals surface area (Å²) in [6, 6.07) is 8.44. The maximum absolute atomic E-state index is 13.8. The zero-order valence-electron chi connectivity index (χ0n) is 13.4. The van der Waals surface area contributed by atoms with Crippen molar-refractivity contribution in [1.29, 1.82) is 5.26 Å². The zero-order chi connectivity index (χ0) is 16.5. The molecule has 1 aromatic rings. The van der Waals surface area contributed by atoms with E-state index in [-0.39, 0.29) is 16.4 Å². The summed E-state index contributed by atoms with van der Waals surface area (Å²) in [7, 11) is 0. The molecule has 4 rings (SSSR count). The molecule has 1 aliphatic heterocycles. The van der Waals surface area contributed by atoms with Crippen LogP contribution in [-0.2, 0) is 0 Å². The van der Waals surface area contributed by atoms with E-state index in [1.54, 1.807) is 17.1 Å². The first-order chi connectivity index (χ1) is 10.9. The molecule has 5 heteroatoms. The van der Waals surface area contributed by atoms with E-state index in [9.17, 15) is 14.4 Å². The molecule has 2 saturated carbocycles. The summed E-state index contributed by atoms with van der Waals surface area (Å²) < 4.78 is 13.8. The minimum atomic E-state index is -0.675. The van der Waals surface area contributed by atoms with Crippen LogP contribution < -0.4 is 5.43 Å². The maximum atomic E-state index is 13.8. The number of hydrazine groups is 1. The fourth-order valence-electron chi connectivity index (χ4n) is 5.47. The van der Waals surface area contributed by atoms with Gasteiger partial charge in [-0.2, -0.15) is 10.3 Å². The predicted molar refractivity (Wildman–Crippen MR) is 82.5 cm³/mol. The van der Waals surface area contributed by atoms with Gasteiger partial charge >= 0.3 is 0 Å². The summed E-state index contributed by atoms with van der Waals surface area (Å²) >= 11 is 0. The van der Waals surface area contributed by atoms with E-state index in [4.69, 9.17) is 0 Å². The van der Waals surface area contributed by atoms with Crippen LogP contribution in [0.15, 0.2) is 24.3 Å². The number of benzene rings is 1. The second-order valence-corrected chi connectivity index (χ2v) is 7.67. The quantitative estimate of drug-likeness (QED) is 0.913. The van der Waals surface area contributed by atoms with Crippen LogP contribution in [0.1, 0.15) is 43.5 Å². The first kappa shape index (κ1) is 14.6. The first-order valence-corrected chi connectivity index (χ1v) is 8.12. The molecule has 4 bridgehead atoms. The van der Waals surface area contributed by atoms with Crippen LogP contribution >= 0.6 is 0 Å². The number of nitrogens with one attached hydrogen (secondary N) is 1. The number of piperidine rings is 1. The highest BCUT2D eigenvalue weighted by Crippen LogP contribution is 2.75. The van der Waals surface area contributed by atoms with Crippen molar-refractivity contribution in [1.82, 2.24) is 10.4 Å². The lowest BCUT2D eigenvalue weighted by molar-refractivity contribution is 0.0238. The normalized spacial score (nSPS) is 41.0. The number of rotatable bonds is 2. The third kappa shape index (κ3) is 1.50. The van der Waals surface area contributed by atoms with Crippen molar-refractivity contribution in [2.45, 2.75) is 38.6 Å². The molecule has 1 saturated heterocycles. The summed E-state index contributed by atoms with van der Waals surface area (Å²) in [5, 5.41) is 11.7. The molecular weight excluding hydrogens is 293 g/mol. The lowest BCUT2D eigenvalue weighted by Gasteiger charge is -2.42. The number of hydrogen-bond acceptors (Lipinski definition) is 3. The van der Waals surface area contributed by atoms with Crippen molar-refractivity contribution < 1.29 is 9.18 Å². The van der Waals surface area contributed by atoms with E-state index in [0.29, 0.717) is 12.5 Å². The van der Waals surface area contributed by atoms with Gasteiger partial charge in [0.05, 0.1) is 11.6 Å². The molecule has 0 radical (unpaired) electrons. The van der Waals surface area contributed by atoms with Gasteiger partial charge in [0.1, 0.15) is 11.4 Å². The molecular formula is C18H20FN3O. The zero-order valence-corrected chi connectivity index (χ0v) is 13.4. The Labute approximate surface area is 135 Å². The third-order valence-corrected chi connectivity index (χ3v) is 7.10. The molecule has 23 heavy (non-hydrogen) atoms. The van der Waals surface area contributed by atoms with Gasteiger partial charge in [0.2, 0.25) is 0 Å². The third-order valence-electron chi connectivity index (χ3n) is 7.10. The van der Waals surface area contributed by atoms with E-state index < -0.39 is 17.3 Å². The Morgan fingerprint density at radius 2 is 2.17 bits per heavy atom.